The Kier molecular flexibility index (Phi) is 1.44. The van der Waals surface area contributed by atoms with Gasteiger partial charge in [-0.2, -0.15) is 0 Å². The molecule has 0 aliphatic carbocycles. The fourth-order valence-electron chi connectivity index (χ4n) is 1.14. The van der Waals surface area contributed by atoms with E-state index in [1.54, 1.807) is 0 Å². The lowest BCUT2D eigenvalue weighted by atomic mass is 10.1. The lowest BCUT2D eigenvalue weighted by molar-refractivity contribution is -0.399. The van der Waals surface area contributed by atoms with E-state index in [4.69, 9.17) is 9.47 Å². The standard InChI is InChI=1S/C9H10O2/c1-9(10-7-11-9)8-5-3-2-4-6-8/h2-6H,7H2,1H3. The topological polar surface area (TPSA) is 18.5 Å². The molecule has 2 rings (SSSR count). The van der Waals surface area contributed by atoms with Gasteiger partial charge in [0.25, 0.3) is 0 Å². The van der Waals surface area contributed by atoms with Crippen molar-refractivity contribution >= 4 is 0 Å². The molecule has 1 aliphatic heterocycles. The predicted octanol–water partition coefficient (Wildman–Crippen LogP) is 1.86. The normalized spacial score (nSPS) is 20.8. The van der Waals surface area contributed by atoms with Crippen molar-refractivity contribution in [3.05, 3.63) is 35.9 Å². The molecule has 1 saturated heterocycles. The van der Waals surface area contributed by atoms with Gasteiger partial charge >= 0.3 is 0 Å². The van der Waals surface area contributed by atoms with Crippen molar-refractivity contribution < 1.29 is 9.47 Å². The summed E-state index contributed by atoms with van der Waals surface area (Å²) < 4.78 is 10.6. The molecule has 11 heavy (non-hydrogen) atoms. The maximum absolute atomic E-state index is 5.28. The highest BCUT2D eigenvalue weighted by atomic mass is 16.9. The lowest BCUT2D eigenvalue weighted by Gasteiger charge is -2.38. The van der Waals surface area contributed by atoms with E-state index < -0.39 is 5.79 Å². The Balaban J connectivity index is 2.29. The summed E-state index contributed by atoms with van der Waals surface area (Å²) in [5.41, 5.74) is 1.08. The van der Waals surface area contributed by atoms with Crippen LogP contribution in [0.25, 0.3) is 0 Å². The first-order valence-electron chi connectivity index (χ1n) is 3.65. The fourth-order valence-corrected chi connectivity index (χ4v) is 1.14. The zero-order valence-electron chi connectivity index (χ0n) is 6.41. The summed E-state index contributed by atoms with van der Waals surface area (Å²) in [6.45, 7) is 2.33. The number of benzene rings is 1. The highest BCUT2D eigenvalue weighted by Gasteiger charge is 2.35. The molecule has 0 aromatic heterocycles. The predicted molar refractivity (Wildman–Crippen MR) is 40.8 cm³/mol. The minimum atomic E-state index is -0.485. The molecule has 0 unspecified atom stereocenters. The molecule has 1 aromatic rings. The van der Waals surface area contributed by atoms with Gasteiger partial charge in [-0.3, -0.25) is 0 Å². The summed E-state index contributed by atoms with van der Waals surface area (Å²) in [4.78, 5) is 0. The first-order chi connectivity index (χ1) is 5.31. The van der Waals surface area contributed by atoms with Crippen molar-refractivity contribution in [3.8, 4) is 0 Å². The number of hydrogen-bond donors (Lipinski definition) is 0. The van der Waals surface area contributed by atoms with Gasteiger partial charge in [-0.05, 0) is 6.92 Å². The SMILES string of the molecule is CC1(c2ccccc2)OCO1. The molecule has 0 radical (unpaired) electrons. The second kappa shape index (κ2) is 2.32. The van der Waals surface area contributed by atoms with E-state index >= 15 is 0 Å². The van der Waals surface area contributed by atoms with Crippen LogP contribution in [0, 0.1) is 0 Å². The molecule has 0 saturated carbocycles. The molecule has 0 amide bonds. The first-order valence-corrected chi connectivity index (χ1v) is 3.65. The lowest BCUT2D eigenvalue weighted by Crippen LogP contribution is -2.40. The third kappa shape index (κ3) is 1.04. The van der Waals surface area contributed by atoms with Gasteiger partial charge in [-0.1, -0.05) is 30.3 Å². The highest BCUT2D eigenvalue weighted by Crippen LogP contribution is 2.33. The Morgan fingerprint density at radius 2 is 1.82 bits per heavy atom. The van der Waals surface area contributed by atoms with Crippen molar-refractivity contribution in [2.24, 2.45) is 0 Å². The van der Waals surface area contributed by atoms with Gasteiger partial charge in [-0.25, -0.2) is 0 Å². The Bertz CT molecular complexity index is 239. The smallest absolute Gasteiger partial charge is 0.197 e. The van der Waals surface area contributed by atoms with Crippen LogP contribution >= 0.6 is 0 Å². The molecule has 0 bridgehead atoms. The molecular weight excluding hydrogens is 140 g/mol. The molecule has 2 heteroatoms. The largest absolute Gasteiger partial charge is 0.320 e. The number of ether oxygens (including phenoxy) is 2. The van der Waals surface area contributed by atoms with Crippen molar-refractivity contribution in [1.29, 1.82) is 0 Å². The molecule has 1 aliphatic rings. The zero-order valence-corrected chi connectivity index (χ0v) is 6.41. The van der Waals surface area contributed by atoms with Crippen molar-refractivity contribution in [1.82, 2.24) is 0 Å². The van der Waals surface area contributed by atoms with Crippen molar-refractivity contribution in [3.63, 3.8) is 0 Å². The molecular formula is C9H10O2. The quantitative estimate of drug-likeness (QED) is 0.608. The van der Waals surface area contributed by atoms with Crippen LogP contribution in [-0.4, -0.2) is 6.79 Å². The van der Waals surface area contributed by atoms with Gasteiger partial charge in [0.05, 0.1) is 0 Å². The summed E-state index contributed by atoms with van der Waals surface area (Å²) in [6.07, 6.45) is 0. The van der Waals surface area contributed by atoms with Crippen LogP contribution in [0.1, 0.15) is 12.5 Å². The van der Waals surface area contributed by atoms with E-state index in [0.29, 0.717) is 6.79 Å². The van der Waals surface area contributed by atoms with Gasteiger partial charge in [0.2, 0.25) is 0 Å². The minimum Gasteiger partial charge on any atom is -0.320 e. The van der Waals surface area contributed by atoms with Crippen molar-refractivity contribution in [2.45, 2.75) is 12.7 Å². The maximum atomic E-state index is 5.28. The number of hydrogen-bond acceptors (Lipinski definition) is 2. The van der Waals surface area contributed by atoms with Crippen LogP contribution in [0.15, 0.2) is 30.3 Å². The Hall–Kier alpha value is -0.860. The van der Waals surface area contributed by atoms with Gasteiger partial charge in [-0.15, -0.1) is 0 Å². The van der Waals surface area contributed by atoms with Crippen LogP contribution in [0.2, 0.25) is 0 Å². The summed E-state index contributed by atoms with van der Waals surface area (Å²) in [5.74, 6) is -0.485. The third-order valence-corrected chi connectivity index (χ3v) is 1.97. The van der Waals surface area contributed by atoms with Gasteiger partial charge in [0.1, 0.15) is 0 Å². The van der Waals surface area contributed by atoms with E-state index in [-0.39, 0.29) is 0 Å². The molecule has 1 aromatic carbocycles. The minimum absolute atomic E-state index is 0.408. The van der Waals surface area contributed by atoms with Gasteiger partial charge in [0, 0.05) is 5.56 Å². The van der Waals surface area contributed by atoms with E-state index in [2.05, 4.69) is 0 Å². The summed E-state index contributed by atoms with van der Waals surface area (Å²) in [6, 6.07) is 9.93. The van der Waals surface area contributed by atoms with Gasteiger partial charge < -0.3 is 9.47 Å². The maximum Gasteiger partial charge on any atom is 0.197 e. The second-order valence-corrected chi connectivity index (χ2v) is 2.72. The Morgan fingerprint density at radius 3 is 2.27 bits per heavy atom. The average Bonchev–Trinajstić information content (AvgIpc) is 2.02. The molecule has 1 fully saturated rings. The van der Waals surface area contributed by atoms with Crippen LogP contribution in [0.3, 0.4) is 0 Å². The Morgan fingerprint density at radius 1 is 1.18 bits per heavy atom. The average molecular weight is 150 g/mol. The molecule has 0 atom stereocenters. The van der Waals surface area contributed by atoms with E-state index in [0.717, 1.165) is 5.56 Å². The van der Waals surface area contributed by atoms with Crippen LogP contribution in [0.5, 0.6) is 0 Å². The zero-order chi connectivity index (χ0) is 7.73. The Labute approximate surface area is 65.7 Å². The molecule has 1 heterocycles. The van der Waals surface area contributed by atoms with E-state index in [9.17, 15) is 0 Å². The first kappa shape index (κ1) is 6.83. The molecule has 58 valence electrons. The molecule has 2 nitrogen and oxygen atoms in total. The summed E-state index contributed by atoms with van der Waals surface area (Å²) in [5, 5.41) is 0. The van der Waals surface area contributed by atoms with E-state index in [1.165, 1.54) is 0 Å². The monoisotopic (exact) mass is 150 g/mol. The number of rotatable bonds is 1. The van der Waals surface area contributed by atoms with E-state index in [1.807, 2.05) is 37.3 Å². The highest BCUT2D eigenvalue weighted by molar-refractivity contribution is 5.20. The van der Waals surface area contributed by atoms with Crippen LogP contribution in [0.4, 0.5) is 0 Å². The van der Waals surface area contributed by atoms with Crippen LogP contribution < -0.4 is 0 Å². The summed E-state index contributed by atoms with van der Waals surface area (Å²) >= 11 is 0. The second-order valence-electron chi connectivity index (χ2n) is 2.72. The van der Waals surface area contributed by atoms with Crippen molar-refractivity contribution in [2.75, 3.05) is 6.79 Å². The summed E-state index contributed by atoms with van der Waals surface area (Å²) in [7, 11) is 0. The fraction of sp³-hybridized carbons (Fsp3) is 0.333. The van der Waals surface area contributed by atoms with Gasteiger partial charge in [0.15, 0.2) is 12.6 Å². The third-order valence-electron chi connectivity index (χ3n) is 1.97. The van der Waals surface area contributed by atoms with Crippen LogP contribution in [-0.2, 0) is 15.3 Å². The molecule has 0 spiro atoms. The molecule has 0 N–H and O–H groups in total.